The lowest BCUT2D eigenvalue weighted by atomic mass is 9.55. The largest absolute Gasteiger partial charge is 0.489 e. The summed E-state index contributed by atoms with van der Waals surface area (Å²) >= 11 is 0. The second-order valence-corrected chi connectivity index (χ2v) is 16.9. The van der Waals surface area contributed by atoms with E-state index < -0.39 is 17.7 Å². The van der Waals surface area contributed by atoms with Crippen LogP contribution in [0.4, 0.5) is 4.39 Å². The van der Waals surface area contributed by atoms with E-state index in [0.29, 0.717) is 49.5 Å². The van der Waals surface area contributed by atoms with Gasteiger partial charge >= 0.3 is 0 Å². The number of hydrogen-bond acceptors (Lipinski definition) is 8. The van der Waals surface area contributed by atoms with Crippen LogP contribution in [0.25, 0.3) is 10.8 Å². The van der Waals surface area contributed by atoms with Crippen LogP contribution in [0.2, 0.25) is 0 Å². The highest BCUT2D eigenvalue weighted by atomic mass is 19.1. The van der Waals surface area contributed by atoms with Crippen LogP contribution in [0.3, 0.4) is 0 Å². The van der Waals surface area contributed by atoms with Crippen LogP contribution in [0.1, 0.15) is 87.3 Å². The average molecular weight is 831 g/mol. The minimum Gasteiger partial charge on any atom is -0.489 e. The molecule has 2 N–H and O–H groups in total. The SMILES string of the molecule is C=CCO[C@@]12Oc3ccc(OCc4ccccc4F)cc3[C@H]3[C@H](CCCCO)[C@@H](CCCCO)C=C(C(=NOCC)C[C@@H]1N(Cc1cccc4ccccc14)C(=O)C1CC1)[C@H]32. The van der Waals surface area contributed by atoms with Gasteiger partial charge in [0.2, 0.25) is 11.7 Å². The lowest BCUT2D eigenvalue weighted by Crippen LogP contribution is -2.70. The van der Waals surface area contributed by atoms with Crippen molar-refractivity contribution in [3.63, 3.8) is 0 Å². The zero-order valence-corrected chi connectivity index (χ0v) is 35.2. The highest BCUT2D eigenvalue weighted by molar-refractivity contribution is 6.03. The van der Waals surface area contributed by atoms with Crippen LogP contribution in [0.15, 0.2) is 114 Å². The van der Waals surface area contributed by atoms with E-state index in [1.165, 1.54) is 6.07 Å². The molecule has 1 amide bonds. The number of fused-ring (bicyclic) bond motifs is 3. The van der Waals surface area contributed by atoms with Crippen LogP contribution >= 0.6 is 0 Å². The van der Waals surface area contributed by atoms with Crippen LogP contribution in [0.5, 0.6) is 11.5 Å². The summed E-state index contributed by atoms with van der Waals surface area (Å²) in [7, 11) is 0. The fourth-order valence-corrected chi connectivity index (χ4v) is 10.2. The van der Waals surface area contributed by atoms with Crippen molar-refractivity contribution in [3.05, 3.63) is 132 Å². The van der Waals surface area contributed by atoms with Crippen LogP contribution < -0.4 is 9.47 Å². The maximum Gasteiger partial charge on any atom is 0.239 e. The number of ether oxygens (including phenoxy) is 3. The summed E-state index contributed by atoms with van der Waals surface area (Å²) in [6.07, 6.45) is 10.7. The van der Waals surface area contributed by atoms with E-state index in [4.69, 9.17) is 24.2 Å². The fourth-order valence-electron chi connectivity index (χ4n) is 10.2. The summed E-state index contributed by atoms with van der Waals surface area (Å²) in [6, 6.07) is 26.4. The second kappa shape index (κ2) is 19.3. The number of halogens is 1. The summed E-state index contributed by atoms with van der Waals surface area (Å²) in [6.45, 7) is 7.16. The monoisotopic (exact) mass is 830 g/mol. The maximum atomic E-state index is 15.0. The minimum absolute atomic E-state index is 0.0569. The molecule has 0 saturated heterocycles. The van der Waals surface area contributed by atoms with Gasteiger partial charge in [-0.05, 0) is 103 Å². The number of allylic oxidation sites excluding steroid dienone is 1. The fraction of sp³-hybridized carbons (Fsp3) is 0.451. The van der Waals surface area contributed by atoms with Gasteiger partial charge in [-0.2, -0.15) is 0 Å². The summed E-state index contributed by atoms with van der Waals surface area (Å²) in [5.74, 6) is -0.957. The predicted octanol–water partition coefficient (Wildman–Crippen LogP) is 9.65. The van der Waals surface area contributed by atoms with Gasteiger partial charge in [0.15, 0.2) is 0 Å². The Bertz CT molecular complexity index is 2230. The third-order valence-corrected chi connectivity index (χ3v) is 13.1. The molecule has 1 aliphatic heterocycles. The number of carbonyl (C=O) groups is 1. The zero-order valence-electron chi connectivity index (χ0n) is 35.2. The molecule has 8 rings (SSSR count). The highest BCUT2D eigenvalue weighted by Crippen LogP contribution is 2.62. The Balaban J connectivity index is 1.32. The van der Waals surface area contributed by atoms with Crippen LogP contribution in [-0.2, 0) is 27.5 Å². The number of benzene rings is 4. The number of amides is 1. The third-order valence-electron chi connectivity index (χ3n) is 13.1. The molecule has 2 fully saturated rings. The number of nitrogens with zero attached hydrogens (tertiary/aromatic N) is 2. The molecule has 6 atom stereocenters. The molecule has 1 heterocycles. The number of aliphatic hydroxyl groups is 2. The lowest BCUT2D eigenvalue weighted by molar-refractivity contribution is -0.258. The molecule has 0 spiro atoms. The van der Waals surface area contributed by atoms with Crippen molar-refractivity contribution in [2.24, 2.45) is 28.8 Å². The van der Waals surface area contributed by atoms with E-state index in [1.807, 2.05) is 42.2 Å². The van der Waals surface area contributed by atoms with Gasteiger partial charge in [-0.25, -0.2) is 4.39 Å². The molecule has 0 bridgehead atoms. The lowest BCUT2D eigenvalue weighted by Gasteiger charge is -2.60. The van der Waals surface area contributed by atoms with Crippen LogP contribution in [0, 0.1) is 29.5 Å². The smallest absolute Gasteiger partial charge is 0.239 e. The molecule has 4 aromatic carbocycles. The van der Waals surface area contributed by atoms with E-state index in [-0.39, 0.29) is 61.8 Å². The van der Waals surface area contributed by atoms with E-state index >= 15 is 0 Å². The first-order chi connectivity index (χ1) is 29.9. The Morgan fingerprint density at radius 3 is 2.49 bits per heavy atom. The van der Waals surface area contributed by atoms with Crippen molar-refractivity contribution >= 4 is 22.4 Å². The number of aliphatic hydroxyl groups excluding tert-OH is 2. The first-order valence-corrected chi connectivity index (χ1v) is 22.2. The molecule has 9 nitrogen and oxygen atoms in total. The maximum absolute atomic E-state index is 15.0. The first-order valence-electron chi connectivity index (χ1n) is 22.2. The Labute approximate surface area is 358 Å². The van der Waals surface area contributed by atoms with E-state index in [9.17, 15) is 19.4 Å². The Morgan fingerprint density at radius 2 is 1.72 bits per heavy atom. The summed E-state index contributed by atoms with van der Waals surface area (Å²) in [4.78, 5) is 22.9. The summed E-state index contributed by atoms with van der Waals surface area (Å²) < 4.78 is 35.7. The van der Waals surface area contributed by atoms with Gasteiger partial charge in [0.05, 0.1) is 18.2 Å². The number of carbonyl (C=O) groups excluding carboxylic acids is 1. The topological polar surface area (TPSA) is 110 Å². The number of hydrogen-bond donors (Lipinski definition) is 2. The van der Waals surface area contributed by atoms with Crippen molar-refractivity contribution in [1.29, 1.82) is 0 Å². The van der Waals surface area contributed by atoms with Gasteiger partial charge in [0.1, 0.15) is 36.6 Å². The quantitative estimate of drug-likeness (QED) is 0.0519. The van der Waals surface area contributed by atoms with Gasteiger partial charge in [-0.15, -0.1) is 6.58 Å². The van der Waals surface area contributed by atoms with Gasteiger partial charge in [0.25, 0.3) is 0 Å². The molecule has 2 saturated carbocycles. The minimum atomic E-state index is -1.36. The molecule has 0 unspecified atom stereocenters. The predicted molar refractivity (Wildman–Crippen MR) is 235 cm³/mol. The number of rotatable bonds is 20. The molecular formula is C51H59FN2O7. The van der Waals surface area contributed by atoms with Crippen molar-refractivity contribution in [2.45, 2.75) is 95.6 Å². The normalized spacial score (nSPS) is 24.6. The first kappa shape index (κ1) is 42.7. The molecule has 4 aromatic rings. The average Bonchev–Trinajstić information content (AvgIpc) is 4.14. The highest BCUT2D eigenvalue weighted by Gasteiger charge is 2.66. The molecule has 0 radical (unpaired) electrons. The standard InChI is InChI=1S/C51H59FN2O7/c1-3-28-59-51-47(54(50(57)35-22-23-35)32-37-18-13-17-34-14-5-7-19-40(34)37)31-45(53-60-4-2)42-29-36(15-9-11-26-55)41(20-10-12-27-56)48(49(42)51)43-30-39(24-25-46(43)61-51)58-33-38-16-6-8-21-44(38)52/h3,5-8,13-14,16-19,21,24-25,29-30,35-36,41,47-49,55-56H,1,4,9-12,15,20,22-23,26-28,31-33H2,2H3/t36-,41+,47-,48+,49+,51+/m0/s1. The molecule has 10 heteroatoms. The Hall–Kier alpha value is -5.03. The van der Waals surface area contributed by atoms with Crippen molar-refractivity contribution in [1.82, 2.24) is 4.90 Å². The van der Waals surface area contributed by atoms with Gasteiger partial charge in [-0.1, -0.05) is 90.8 Å². The Kier molecular flexibility index (Phi) is 13.5. The number of unbranched alkanes of at least 4 members (excludes halogenated alkanes) is 2. The van der Waals surface area contributed by atoms with Crippen molar-refractivity contribution < 1.29 is 38.4 Å². The van der Waals surface area contributed by atoms with E-state index in [0.717, 1.165) is 71.7 Å². The molecule has 61 heavy (non-hydrogen) atoms. The molecule has 0 aromatic heterocycles. The molecule has 3 aliphatic carbocycles. The van der Waals surface area contributed by atoms with Gasteiger partial charge in [0, 0.05) is 49.1 Å². The summed E-state index contributed by atoms with van der Waals surface area (Å²) in [5.41, 5.74) is 4.20. The van der Waals surface area contributed by atoms with E-state index in [2.05, 4.69) is 43.0 Å². The summed E-state index contributed by atoms with van der Waals surface area (Å²) in [5, 5.41) is 26.9. The third kappa shape index (κ3) is 8.86. The van der Waals surface area contributed by atoms with Gasteiger partial charge in [-0.3, -0.25) is 4.79 Å². The number of oxime groups is 1. The molecule has 322 valence electrons. The van der Waals surface area contributed by atoms with Crippen molar-refractivity contribution in [3.8, 4) is 11.5 Å². The van der Waals surface area contributed by atoms with Crippen LogP contribution in [-0.4, -0.2) is 65.0 Å². The molecule has 4 aliphatic rings. The molecular weight excluding hydrogens is 772 g/mol. The second-order valence-electron chi connectivity index (χ2n) is 16.9. The van der Waals surface area contributed by atoms with Gasteiger partial charge < -0.3 is 34.2 Å². The Morgan fingerprint density at radius 1 is 0.967 bits per heavy atom. The zero-order chi connectivity index (χ0) is 42.3. The van der Waals surface area contributed by atoms with Crippen molar-refractivity contribution in [2.75, 3.05) is 26.4 Å². The van der Waals surface area contributed by atoms with E-state index in [1.54, 1.807) is 24.3 Å².